The van der Waals surface area contributed by atoms with Crippen molar-refractivity contribution in [3.8, 4) is 5.75 Å². The van der Waals surface area contributed by atoms with Crippen molar-refractivity contribution < 1.29 is 9.53 Å². The lowest BCUT2D eigenvalue weighted by atomic mass is 10.1. The molecule has 1 atom stereocenters. The summed E-state index contributed by atoms with van der Waals surface area (Å²) in [6.07, 6.45) is 1.97. The zero-order valence-corrected chi connectivity index (χ0v) is 14.7. The third-order valence-electron chi connectivity index (χ3n) is 3.76. The quantitative estimate of drug-likeness (QED) is 0.769. The summed E-state index contributed by atoms with van der Waals surface area (Å²) in [5.74, 6) is 0.990. The largest absolute Gasteiger partial charge is 0.497 e. The number of benzene rings is 2. The molecule has 0 saturated heterocycles. The maximum Gasteiger partial charge on any atom is 0.235 e. The van der Waals surface area contributed by atoms with Gasteiger partial charge >= 0.3 is 0 Å². The number of methoxy groups -OCH3 is 1. The van der Waals surface area contributed by atoms with Crippen molar-refractivity contribution in [1.82, 2.24) is 4.90 Å². The number of ether oxygens (including phenoxy) is 1. The number of hydrogen-bond donors (Lipinski definition) is 0. The molecule has 2 aromatic carbocycles. The van der Waals surface area contributed by atoms with E-state index in [1.165, 1.54) is 0 Å². The first-order valence-electron chi connectivity index (χ1n) is 7.62. The fourth-order valence-electron chi connectivity index (χ4n) is 2.32. The molecule has 0 heterocycles. The van der Waals surface area contributed by atoms with E-state index in [-0.39, 0.29) is 11.2 Å². The fraction of sp³-hybridized carbons (Fsp3) is 0.316. The van der Waals surface area contributed by atoms with Crippen molar-refractivity contribution >= 4 is 17.7 Å². The van der Waals surface area contributed by atoms with Crippen LogP contribution in [0.4, 0.5) is 0 Å². The Labute approximate surface area is 142 Å². The smallest absolute Gasteiger partial charge is 0.235 e. The van der Waals surface area contributed by atoms with Gasteiger partial charge in [0.15, 0.2) is 0 Å². The maximum absolute atomic E-state index is 12.7. The number of carbonyl (C=O) groups is 1. The Morgan fingerprint density at radius 3 is 2.13 bits per heavy atom. The Hall–Kier alpha value is -1.94. The van der Waals surface area contributed by atoms with Crippen LogP contribution in [-0.4, -0.2) is 29.4 Å². The zero-order valence-electron chi connectivity index (χ0n) is 13.9. The molecule has 0 saturated carbocycles. The Bertz CT molecular complexity index is 613. The monoisotopic (exact) mass is 329 g/mol. The van der Waals surface area contributed by atoms with Gasteiger partial charge in [-0.2, -0.15) is 11.8 Å². The Kier molecular flexibility index (Phi) is 6.53. The van der Waals surface area contributed by atoms with Gasteiger partial charge in [-0.05, 0) is 36.4 Å². The van der Waals surface area contributed by atoms with Gasteiger partial charge in [0.25, 0.3) is 0 Å². The van der Waals surface area contributed by atoms with Crippen molar-refractivity contribution in [2.45, 2.75) is 25.3 Å². The molecule has 0 N–H and O–H groups in total. The summed E-state index contributed by atoms with van der Waals surface area (Å²) in [6, 6.07) is 18.0. The van der Waals surface area contributed by atoms with Crippen LogP contribution in [-0.2, 0) is 17.9 Å². The van der Waals surface area contributed by atoms with Crippen LogP contribution in [0.5, 0.6) is 5.75 Å². The third-order valence-corrected chi connectivity index (χ3v) is 4.67. The maximum atomic E-state index is 12.7. The summed E-state index contributed by atoms with van der Waals surface area (Å²) in [7, 11) is 1.65. The number of nitrogens with zero attached hydrogens (tertiary/aromatic N) is 1. The van der Waals surface area contributed by atoms with E-state index in [1.54, 1.807) is 18.9 Å². The van der Waals surface area contributed by atoms with Crippen LogP contribution >= 0.6 is 11.8 Å². The zero-order chi connectivity index (χ0) is 16.7. The first-order valence-corrected chi connectivity index (χ1v) is 8.91. The molecule has 2 rings (SSSR count). The second kappa shape index (κ2) is 8.63. The van der Waals surface area contributed by atoms with Gasteiger partial charge in [0.2, 0.25) is 5.91 Å². The predicted octanol–water partition coefficient (Wildman–Crippen LogP) is 3.98. The number of rotatable bonds is 7. The van der Waals surface area contributed by atoms with Crippen molar-refractivity contribution in [3.63, 3.8) is 0 Å². The standard InChI is InChI=1S/C19H23NO2S/c1-15(23-3)19(21)20(13-16-7-5-4-6-8-16)14-17-9-11-18(22-2)12-10-17/h4-12,15H,13-14H2,1-3H3/t15-/m1/s1. The third kappa shape index (κ3) is 5.03. The molecule has 4 heteroatoms. The van der Waals surface area contributed by atoms with E-state index in [9.17, 15) is 4.79 Å². The summed E-state index contributed by atoms with van der Waals surface area (Å²) in [6.45, 7) is 3.18. The number of hydrogen-bond acceptors (Lipinski definition) is 3. The molecule has 122 valence electrons. The highest BCUT2D eigenvalue weighted by Crippen LogP contribution is 2.18. The lowest BCUT2D eigenvalue weighted by Gasteiger charge is -2.25. The average molecular weight is 329 g/mol. The molecule has 0 aliphatic rings. The highest BCUT2D eigenvalue weighted by molar-refractivity contribution is 7.99. The van der Waals surface area contributed by atoms with Crippen LogP contribution in [0.1, 0.15) is 18.1 Å². The van der Waals surface area contributed by atoms with Crippen LogP contribution in [0.25, 0.3) is 0 Å². The average Bonchev–Trinajstić information content (AvgIpc) is 2.61. The lowest BCUT2D eigenvalue weighted by molar-refractivity contribution is -0.131. The minimum atomic E-state index is -0.0445. The molecule has 0 aromatic heterocycles. The van der Waals surface area contributed by atoms with Crippen molar-refractivity contribution in [2.24, 2.45) is 0 Å². The van der Waals surface area contributed by atoms with E-state index in [2.05, 4.69) is 12.1 Å². The first-order chi connectivity index (χ1) is 11.1. The fourth-order valence-corrected chi connectivity index (χ4v) is 2.68. The summed E-state index contributed by atoms with van der Waals surface area (Å²) < 4.78 is 5.19. The molecule has 1 amide bonds. The molecular weight excluding hydrogens is 306 g/mol. The molecule has 0 fully saturated rings. The van der Waals surface area contributed by atoms with E-state index >= 15 is 0 Å². The van der Waals surface area contributed by atoms with Gasteiger partial charge in [-0.25, -0.2) is 0 Å². The molecule has 2 aromatic rings. The van der Waals surface area contributed by atoms with Crippen LogP contribution in [0.15, 0.2) is 54.6 Å². The van der Waals surface area contributed by atoms with E-state index in [0.717, 1.165) is 16.9 Å². The van der Waals surface area contributed by atoms with Crippen molar-refractivity contribution in [2.75, 3.05) is 13.4 Å². The van der Waals surface area contributed by atoms with E-state index in [4.69, 9.17) is 4.74 Å². The van der Waals surface area contributed by atoms with Gasteiger partial charge in [-0.15, -0.1) is 0 Å². The van der Waals surface area contributed by atoms with E-state index in [0.29, 0.717) is 13.1 Å². The Morgan fingerprint density at radius 2 is 1.61 bits per heavy atom. The SMILES string of the molecule is COc1ccc(CN(Cc2ccccc2)C(=O)[C@@H](C)SC)cc1. The highest BCUT2D eigenvalue weighted by Gasteiger charge is 2.20. The molecular formula is C19H23NO2S. The van der Waals surface area contributed by atoms with Gasteiger partial charge in [0.05, 0.1) is 12.4 Å². The number of thioether (sulfide) groups is 1. The summed E-state index contributed by atoms with van der Waals surface area (Å²) >= 11 is 1.58. The van der Waals surface area contributed by atoms with Gasteiger partial charge in [-0.1, -0.05) is 42.5 Å². The molecule has 3 nitrogen and oxygen atoms in total. The molecule has 0 radical (unpaired) electrons. The van der Waals surface area contributed by atoms with Crippen LogP contribution in [0, 0.1) is 0 Å². The molecule has 0 unspecified atom stereocenters. The first kappa shape index (κ1) is 17.4. The lowest BCUT2D eigenvalue weighted by Crippen LogP contribution is -2.35. The van der Waals surface area contributed by atoms with Crippen molar-refractivity contribution in [1.29, 1.82) is 0 Å². The van der Waals surface area contributed by atoms with Crippen LogP contribution < -0.4 is 4.74 Å². The highest BCUT2D eigenvalue weighted by atomic mass is 32.2. The molecule has 23 heavy (non-hydrogen) atoms. The molecule has 0 spiro atoms. The Balaban J connectivity index is 2.16. The summed E-state index contributed by atoms with van der Waals surface area (Å²) in [4.78, 5) is 14.6. The summed E-state index contributed by atoms with van der Waals surface area (Å²) in [5.41, 5.74) is 2.24. The van der Waals surface area contributed by atoms with Gasteiger partial charge in [0.1, 0.15) is 5.75 Å². The van der Waals surface area contributed by atoms with E-state index < -0.39 is 0 Å². The molecule has 0 bridgehead atoms. The van der Waals surface area contributed by atoms with Gasteiger partial charge in [-0.3, -0.25) is 4.79 Å². The Morgan fingerprint density at radius 1 is 1.04 bits per heavy atom. The minimum Gasteiger partial charge on any atom is -0.497 e. The number of carbonyl (C=O) groups excluding carboxylic acids is 1. The van der Waals surface area contributed by atoms with Crippen molar-refractivity contribution in [3.05, 3.63) is 65.7 Å². The molecule has 0 aliphatic carbocycles. The second-order valence-corrected chi connectivity index (χ2v) is 6.58. The molecule has 0 aliphatic heterocycles. The van der Waals surface area contributed by atoms with Gasteiger partial charge < -0.3 is 9.64 Å². The van der Waals surface area contributed by atoms with Crippen LogP contribution in [0.3, 0.4) is 0 Å². The topological polar surface area (TPSA) is 29.5 Å². The predicted molar refractivity (Wildman–Crippen MR) is 96.7 cm³/mol. The normalized spacial score (nSPS) is 11.8. The number of amides is 1. The van der Waals surface area contributed by atoms with Gasteiger partial charge in [0, 0.05) is 13.1 Å². The minimum absolute atomic E-state index is 0.0445. The second-order valence-electron chi connectivity index (χ2n) is 5.41. The summed E-state index contributed by atoms with van der Waals surface area (Å²) in [5, 5.41) is -0.0445. The van der Waals surface area contributed by atoms with E-state index in [1.807, 2.05) is 60.5 Å². The van der Waals surface area contributed by atoms with Crippen LogP contribution in [0.2, 0.25) is 0 Å².